The van der Waals surface area contributed by atoms with Gasteiger partial charge in [0.25, 0.3) is 0 Å². The number of hydrogen-bond acceptors (Lipinski definition) is 2. The Hall–Kier alpha value is -1.61. The number of hydrogen-bond donors (Lipinski definition) is 0. The normalized spacial score (nSPS) is 21.0. The first kappa shape index (κ1) is 14.8. The van der Waals surface area contributed by atoms with Gasteiger partial charge in [0.2, 0.25) is 0 Å². The van der Waals surface area contributed by atoms with Gasteiger partial charge >= 0.3 is 0 Å². The van der Waals surface area contributed by atoms with Crippen LogP contribution in [0.3, 0.4) is 0 Å². The van der Waals surface area contributed by atoms with E-state index in [1.807, 2.05) is 17.0 Å². The van der Waals surface area contributed by atoms with E-state index >= 15 is 0 Å². The number of aromatic nitrogens is 2. The standard InChI is InChI=1S/C17H24N2O/c1-4-15(5-2)10-9-14(3)16-11-12-18-19(16)17-8-6-7-13-20-17/h4,9-12,17H,1,5-8,13H2,2-3H3/b14-9+,15-10+. The Morgan fingerprint density at radius 1 is 1.50 bits per heavy atom. The summed E-state index contributed by atoms with van der Waals surface area (Å²) in [5, 5.41) is 4.44. The highest BCUT2D eigenvalue weighted by atomic mass is 16.5. The molecule has 3 heteroatoms. The molecule has 0 amide bonds. The van der Waals surface area contributed by atoms with Gasteiger partial charge in [-0.05, 0) is 49.8 Å². The zero-order valence-corrected chi connectivity index (χ0v) is 12.5. The van der Waals surface area contributed by atoms with Crippen molar-refractivity contribution in [2.75, 3.05) is 6.61 Å². The van der Waals surface area contributed by atoms with Crippen LogP contribution in [0.25, 0.3) is 5.57 Å². The summed E-state index contributed by atoms with van der Waals surface area (Å²) in [7, 11) is 0. The van der Waals surface area contributed by atoms with Crippen LogP contribution in [0.4, 0.5) is 0 Å². The van der Waals surface area contributed by atoms with Crippen molar-refractivity contribution in [3.63, 3.8) is 0 Å². The minimum atomic E-state index is 0.0890. The molecule has 1 aromatic heterocycles. The molecule has 0 spiro atoms. The second kappa shape index (κ2) is 7.25. The van der Waals surface area contributed by atoms with Crippen molar-refractivity contribution in [1.29, 1.82) is 0 Å². The van der Waals surface area contributed by atoms with Crippen molar-refractivity contribution in [2.45, 2.75) is 45.8 Å². The highest BCUT2D eigenvalue weighted by molar-refractivity contribution is 5.62. The lowest BCUT2D eigenvalue weighted by molar-refractivity contribution is -0.0399. The fourth-order valence-electron chi connectivity index (χ4n) is 2.42. The van der Waals surface area contributed by atoms with Gasteiger partial charge in [-0.2, -0.15) is 5.10 Å². The van der Waals surface area contributed by atoms with Gasteiger partial charge in [0.05, 0.1) is 5.69 Å². The average molecular weight is 272 g/mol. The molecule has 1 aliphatic heterocycles. The van der Waals surface area contributed by atoms with Crippen LogP contribution >= 0.6 is 0 Å². The first-order valence-electron chi connectivity index (χ1n) is 7.41. The third-order valence-corrected chi connectivity index (χ3v) is 3.72. The Labute approximate surface area is 121 Å². The molecule has 1 unspecified atom stereocenters. The van der Waals surface area contributed by atoms with Crippen LogP contribution in [0, 0.1) is 0 Å². The van der Waals surface area contributed by atoms with Crippen LogP contribution in [0.5, 0.6) is 0 Å². The smallest absolute Gasteiger partial charge is 0.150 e. The number of nitrogens with zero attached hydrogens (tertiary/aromatic N) is 2. The van der Waals surface area contributed by atoms with E-state index < -0.39 is 0 Å². The molecule has 20 heavy (non-hydrogen) atoms. The van der Waals surface area contributed by atoms with Crippen molar-refractivity contribution < 1.29 is 4.74 Å². The minimum absolute atomic E-state index is 0.0890. The Bertz CT molecular complexity index is 505. The van der Waals surface area contributed by atoms with E-state index in [1.54, 1.807) is 0 Å². The summed E-state index contributed by atoms with van der Waals surface area (Å²) in [5.41, 5.74) is 3.57. The maximum atomic E-state index is 5.82. The van der Waals surface area contributed by atoms with Gasteiger partial charge in [-0.25, -0.2) is 4.68 Å². The monoisotopic (exact) mass is 272 g/mol. The Kier molecular flexibility index (Phi) is 5.36. The zero-order valence-electron chi connectivity index (χ0n) is 12.5. The summed E-state index contributed by atoms with van der Waals surface area (Å²) in [5.74, 6) is 0. The van der Waals surface area contributed by atoms with Crippen LogP contribution in [0.15, 0.2) is 42.6 Å². The van der Waals surface area contributed by atoms with Crippen molar-refractivity contribution >= 4 is 5.57 Å². The molecule has 1 aliphatic rings. The van der Waals surface area contributed by atoms with Gasteiger partial charge in [-0.15, -0.1) is 0 Å². The maximum absolute atomic E-state index is 5.82. The molecule has 0 saturated carbocycles. The van der Waals surface area contributed by atoms with E-state index in [0.29, 0.717) is 0 Å². The molecular weight excluding hydrogens is 248 g/mol. The molecule has 1 aromatic rings. The second-order valence-electron chi connectivity index (χ2n) is 5.13. The van der Waals surface area contributed by atoms with E-state index in [9.17, 15) is 0 Å². The van der Waals surface area contributed by atoms with E-state index in [4.69, 9.17) is 4.74 Å². The summed E-state index contributed by atoms with van der Waals surface area (Å²) >= 11 is 0. The first-order chi connectivity index (χ1) is 9.76. The van der Waals surface area contributed by atoms with Crippen LogP contribution in [0.1, 0.15) is 51.5 Å². The molecule has 0 bridgehead atoms. The maximum Gasteiger partial charge on any atom is 0.150 e. The largest absolute Gasteiger partial charge is 0.356 e. The summed E-state index contributed by atoms with van der Waals surface area (Å²) in [6.45, 7) is 8.91. The van der Waals surface area contributed by atoms with Gasteiger partial charge in [0.15, 0.2) is 6.23 Å². The van der Waals surface area contributed by atoms with E-state index in [-0.39, 0.29) is 6.23 Å². The topological polar surface area (TPSA) is 27.1 Å². The molecule has 2 rings (SSSR count). The summed E-state index contributed by atoms with van der Waals surface area (Å²) in [6, 6.07) is 2.05. The molecule has 0 aliphatic carbocycles. The van der Waals surface area contributed by atoms with Crippen LogP contribution in [-0.4, -0.2) is 16.4 Å². The molecule has 3 nitrogen and oxygen atoms in total. The SMILES string of the molecule is C=C/C(=C\C=C(/C)c1ccnn1C1CCCCO1)CC. The van der Waals surface area contributed by atoms with Gasteiger partial charge in [0.1, 0.15) is 0 Å². The van der Waals surface area contributed by atoms with E-state index in [2.05, 4.69) is 43.7 Å². The highest BCUT2D eigenvalue weighted by Gasteiger charge is 2.18. The fourth-order valence-corrected chi connectivity index (χ4v) is 2.42. The first-order valence-corrected chi connectivity index (χ1v) is 7.41. The van der Waals surface area contributed by atoms with Gasteiger partial charge in [-0.1, -0.05) is 31.7 Å². The Morgan fingerprint density at radius 2 is 2.35 bits per heavy atom. The molecule has 1 atom stereocenters. The predicted octanol–water partition coefficient (Wildman–Crippen LogP) is 4.51. The van der Waals surface area contributed by atoms with Crippen LogP contribution < -0.4 is 0 Å². The Morgan fingerprint density at radius 3 is 3.00 bits per heavy atom. The lowest BCUT2D eigenvalue weighted by atomic mass is 10.1. The summed E-state index contributed by atoms with van der Waals surface area (Å²) < 4.78 is 7.84. The van der Waals surface area contributed by atoms with E-state index in [1.165, 1.54) is 17.6 Å². The molecule has 108 valence electrons. The average Bonchev–Trinajstić information content (AvgIpc) is 2.98. The molecule has 0 radical (unpaired) electrons. The van der Waals surface area contributed by atoms with Crippen LogP contribution in [-0.2, 0) is 4.74 Å². The Balaban J connectivity index is 2.20. The summed E-state index contributed by atoms with van der Waals surface area (Å²) in [6.07, 6.45) is 12.5. The molecule has 0 N–H and O–H groups in total. The quantitative estimate of drug-likeness (QED) is 0.737. The van der Waals surface area contributed by atoms with Crippen molar-refractivity contribution in [3.8, 4) is 0 Å². The molecule has 1 fully saturated rings. The lowest BCUT2D eigenvalue weighted by Crippen LogP contribution is -2.20. The molecule has 0 aromatic carbocycles. The fraction of sp³-hybridized carbons (Fsp3) is 0.471. The van der Waals surface area contributed by atoms with E-state index in [0.717, 1.165) is 31.6 Å². The van der Waals surface area contributed by atoms with Crippen molar-refractivity contribution in [2.24, 2.45) is 0 Å². The van der Waals surface area contributed by atoms with Gasteiger partial charge < -0.3 is 4.74 Å². The van der Waals surface area contributed by atoms with Crippen molar-refractivity contribution in [1.82, 2.24) is 9.78 Å². The third-order valence-electron chi connectivity index (χ3n) is 3.72. The van der Waals surface area contributed by atoms with Crippen LogP contribution in [0.2, 0.25) is 0 Å². The van der Waals surface area contributed by atoms with Gasteiger partial charge in [0, 0.05) is 12.8 Å². The molecular formula is C17H24N2O. The minimum Gasteiger partial charge on any atom is -0.356 e. The third kappa shape index (κ3) is 3.48. The number of rotatable bonds is 5. The predicted molar refractivity (Wildman–Crippen MR) is 83.3 cm³/mol. The number of allylic oxidation sites excluding steroid dienone is 5. The lowest BCUT2D eigenvalue weighted by Gasteiger charge is -2.24. The number of ether oxygens (including phenoxy) is 1. The highest BCUT2D eigenvalue weighted by Crippen LogP contribution is 2.26. The van der Waals surface area contributed by atoms with Gasteiger partial charge in [-0.3, -0.25) is 0 Å². The van der Waals surface area contributed by atoms with Crippen molar-refractivity contribution in [3.05, 3.63) is 48.3 Å². The summed E-state index contributed by atoms with van der Waals surface area (Å²) in [4.78, 5) is 0. The zero-order chi connectivity index (χ0) is 14.4. The molecule has 2 heterocycles. The molecule has 1 saturated heterocycles. The second-order valence-corrected chi connectivity index (χ2v) is 5.13.